The maximum absolute atomic E-state index is 8.63. The van der Waals surface area contributed by atoms with E-state index in [0.29, 0.717) is 5.92 Å². The molecule has 3 heteroatoms. The van der Waals surface area contributed by atoms with Crippen molar-refractivity contribution in [2.24, 2.45) is 5.92 Å². The van der Waals surface area contributed by atoms with Crippen molar-refractivity contribution in [2.45, 2.75) is 19.9 Å². The summed E-state index contributed by atoms with van der Waals surface area (Å²) in [6.07, 6.45) is 0. The lowest BCUT2D eigenvalue weighted by molar-refractivity contribution is 0.233. The number of hydrogen-bond donors (Lipinski definition) is 2. The normalized spacial score (nSPS) is 14.6. The Bertz CT molecular complexity index is 54.4. The molecule has 50 valence electrons. The van der Waals surface area contributed by atoms with Gasteiger partial charge in [-0.2, -0.15) is 0 Å². The molecule has 0 aromatic heterocycles. The van der Waals surface area contributed by atoms with Crippen LogP contribution in [0.2, 0.25) is 0 Å². The van der Waals surface area contributed by atoms with Crippen LogP contribution in [-0.2, 0) is 0 Å². The van der Waals surface area contributed by atoms with E-state index in [-0.39, 0.29) is 12.6 Å². The summed E-state index contributed by atoms with van der Waals surface area (Å²) in [5, 5.41) is 8.63. The third-order valence-electron chi connectivity index (χ3n) is 1.14. The van der Waals surface area contributed by atoms with Crippen LogP contribution in [0.25, 0.3) is 0 Å². The molecule has 0 aromatic rings. The third-order valence-corrected chi connectivity index (χ3v) is 1.94. The minimum atomic E-state index is 0.223. The van der Waals surface area contributed by atoms with Crippen LogP contribution in [0.4, 0.5) is 0 Å². The SMILES string of the molecule is CC(C)[C@H](CO)NI. The molecule has 0 aliphatic heterocycles. The summed E-state index contributed by atoms with van der Waals surface area (Å²) in [4.78, 5) is 0. The van der Waals surface area contributed by atoms with Crippen LogP contribution in [0.1, 0.15) is 13.8 Å². The number of aliphatic hydroxyl groups is 1. The molecule has 0 saturated carbocycles. The van der Waals surface area contributed by atoms with E-state index >= 15 is 0 Å². The summed E-state index contributed by atoms with van der Waals surface area (Å²) in [7, 11) is 0. The van der Waals surface area contributed by atoms with Crippen LogP contribution in [0.5, 0.6) is 0 Å². The third kappa shape index (κ3) is 2.84. The maximum Gasteiger partial charge on any atom is 0.0594 e. The van der Waals surface area contributed by atoms with Crippen LogP contribution in [0.3, 0.4) is 0 Å². The molecule has 1 atom stereocenters. The maximum atomic E-state index is 8.63. The summed E-state index contributed by atoms with van der Waals surface area (Å²) in [5.74, 6) is 0.511. The first-order valence-corrected chi connectivity index (χ1v) is 3.77. The van der Waals surface area contributed by atoms with Crippen molar-refractivity contribution in [3.05, 3.63) is 0 Å². The number of hydrogen-bond acceptors (Lipinski definition) is 2. The molecule has 8 heavy (non-hydrogen) atoms. The average Bonchev–Trinajstić information content (AvgIpc) is 1.69. The van der Waals surface area contributed by atoms with Gasteiger partial charge in [0.1, 0.15) is 0 Å². The fourth-order valence-corrected chi connectivity index (χ4v) is 1.29. The van der Waals surface area contributed by atoms with Gasteiger partial charge in [-0.1, -0.05) is 13.8 Å². The van der Waals surface area contributed by atoms with Crippen molar-refractivity contribution < 1.29 is 5.11 Å². The summed E-state index contributed by atoms with van der Waals surface area (Å²) < 4.78 is 2.97. The molecule has 0 aliphatic rings. The van der Waals surface area contributed by atoms with Gasteiger partial charge in [0.05, 0.1) is 6.61 Å². The highest BCUT2D eigenvalue weighted by Gasteiger charge is 2.07. The quantitative estimate of drug-likeness (QED) is 0.557. The van der Waals surface area contributed by atoms with E-state index in [2.05, 4.69) is 40.2 Å². The second kappa shape index (κ2) is 4.52. The molecule has 2 nitrogen and oxygen atoms in total. The molecular formula is C5H12INO. The zero-order chi connectivity index (χ0) is 6.57. The van der Waals surface area contributed by atoms with Crippen molar-refractivity contribution in [3.8, 4) is 0 Å². The van der Waals surface area contributed by atoms with Gasteiger partial charge >= 0.3 is 0 Å². The minimum absolute atomic E-state index is 0.223. The molecule has 0 fully saturated rings. The number of halogens is 1. The lowest BCUT2D eigenvalue weighted by Crippen LogP contribution is -2.29. The highest BCUT2D eigenvalue weighted by atomic mass is 127. The zero-order valence-corrected chi connectivity index (χ0v) is 7.34. The molecule has 0 heterocycles. The molecule has 0 aliphatic carbocycles. The highest BCUT2D eigenvalue weighted by Crippen LogP contribution is 2.00. The van der Waals surface area contributed by atoms with E-state index in [1.165, 1.54) is 0 Å². The molecule has 0 amide bonds. The van der Waals surface area contributed by atoms with Gasteiger partial charge in [-0.25, -0.2) is 0 Å². The molecule has 2 N–H and O–H groups in total. The average molecular weight is 229 g/mol. The fourth-order valence-electron chi connectivity index (χ4n) is 0.371. The van der Waals surface area contributed by atoms with Gasteiger partial charge in [0.2, 0.25) is 0 Å². The van der Waals surface area contributed by atoms with Gasteiger partial charge in [-0.15, -0.1) is 0 Å². The summed E-state index contributed by atoms with van der Waals surface area (Å²) >= 11 is 2.05. The van der Waals surface area contributed by atoms with Gasteiger partial charge in [0, 0.05) is 28.9 Å². The molecule has 0 radical (unpaired) electrons. The smallest absolute Gasteiger partial charge is 0.0594 e. The number of nitrogens with one attached hydrogen (secondary N) is 1. The van der Waals surface area contributed by atoms with E-state index < -0.39 is 0 Å². The van der Waals surface area contributed by atoms with E-state index in [1.54, 1.807) is 0 Å². The van der Waals surface area contributed by atoms with Crippen LogP contribution < -0.4 is 3.53 Å². The van der Waals surface area contributed by atoms with Crippen LogP contribution >= 0.6 is 22.9 Å². The van der Waals surface area contributed by atoms with Crippen molar-refractivity contribution >= 4 is 22.9 Å². The molecule has 0 bridgehead atoms. The van der Waals surface area contributed by atoms with E-state index in [1.807, 2.05) is 0 Å². The Morgan fingerprint density at radius 3 is 2.12 bits per heavy atom. The highest BCUT2D eigenvalue weighted by molar-refractivity contribution is 14.1. The van der Waals surface area contributed by atoms with Crippen molar-refractivity contribution in [2.75, 3.05) is 6.61 Å². The molecular weight excluding hydrogens is 217 g/mol. The Kier molecular flexibility index (Phi) is 4.89. The first-order valence-electron chi connectivity index (χ1n) is 2.69. The van der Waals surface area contributed by atoms with E-state index in [4.69, 9.17) is 5.11 Å². The van der Waals surface area contributed by atoms with Crippen LogP contribution in [-0.4, -0.2) is 17.8 Å². The zero-order valence-electron chi connectivity index (χ0n) is 5.19. The van der Waals surface area contributed by atoms with Gasteiger partial charge < -0.3 is 5.11 Å². The first kappa shape index (κ1) is 8.65. The summed E-state index contributed by atoms with van der Waals surface area (Å²) in [6.45, 7) is 4.37. The molecule has 0 rings (SSSR count). The number of aliphatic hydroxyl groups excluding tert-OH is 1. The van der Waals surface area contributed by atoms with Crippen LogP contribution in [0.15, 0.2) is 0 Å². The standard InChI is InChI=1S/C5H12INO/c1-4(2)5(3-8)7-6/h4-5,7-8H,3H2,1-2H3/t5-/m0/s1. The molecule has 0 aromatic carbocycles. The predicted molar refractivity (Wildman–Crippen MR) is 42.9 cm³/mol. The Morgan fingerprint density at radius 2 is 2.12 bits per heavy atom. The predicted octanol–water partition coefficient (Wildman–Crippen LogP) is 0.943. The van der Waals surface area contributed by atoms with Crippen molar-refractivity contribution in [1.82, 2.24) is 3.53 Å². The van der Waals surface area contributed by atoms with Crippen molar-refractivity contribution in [1.29, 1.82) is 0 Å². The lowest BCUT2D eigenvalue weighted by atomic mass is 10.1. The topological polar surface area (TPSA) is 32.3 Å². The monoisotopic (exact) mass is 229 g/mol. The van der Waals surface area contributed by atoms with Crippen molar-refractivity contribution in [3.63, 3.8) is 0 Å². The van der Waals surface area contributed by atoms with Crippen LogP contribution in [0, 0.1) is 5.92 Å². The molecule has 0 spiro atoms. The Morgan fingerprint density at radius 1 is 1.62 bits per heavy atom. The number of rotatable bonds is 3. The van der Waals surface area contributed by atoms with Gasteiger partial charge in [0.25, 0.3) is 0 Å². The second-order valence-corrected chi connectivity index (χ2v) is 2.77. The second-order valence-electron chi connectivity index (χ2n) is 2.14. The Balaban J connectivity index is 3.35. The lowest BCUT2D eigenvalue weighted by Gasteiger charge is -2.14. The summed E-state index contributed by atoms with van der Waals surface area (Å²) in [6, 6.07) is 0.246. The van der Waals surface area contributed by atoms with Gasteiger partial charge in [0.15, 0.2) is 0 Å². The van der Waals surface area contributed by atoms with Gasteiger partial charge in [-0.05, 0) is 5.92 Å². The van der Waals surface area contributed by atoms with E-state index in [0.717, 1.165) is 0 Å². The Labute approximate surface area is 64.2 Å². The molecule has 0 unspecified atom stereocenters. The minimum Gasteiger partial charge on any atom is -0.395 e. The van der Waals surface area contributed by atoms with Gasteiger partial charge in [-0.3, -0.25) is 3.53 Å². The van der Waals surface area contributed by atoms with E-state index in [9.17, 15) is 0 Å². The summed E-state index contributed by atoms with van der Waals surface area (Å²) in [5.41, 5.74) is 0. The fraction of sp³-hybridized carbons (Fsp3) is 1.00. The first-order chi connectivity index (χ1) is 3.72. The molecule has 0 saturated heterocycles. The largest absolute Gasteiger partial charge is 0.395 e. The Hall–Kier alpha value is 0.650.